The highest BCUT2D eigenvalue weighted by molar-refractivity contribution is 8.14. The monoisotopic (exact) mass is 781 g/mol. The largest absolute Gasteiger partial charge is 0.458 e. The van der Waals surface area contributed by atoms with E-state index >= 15 is 0 Å². The Bertz CT molecular complexity index is 2020. The zero-order valence-electron chi connectivity index (χ0n) is 30.7. The standard InChI is InChI=1S/C24H32O4S.C16H16ClN3O3S/c1-14(25)29-19-13-15-12-16(26)4-8-22(15,2)17-5-9-23(3)18(21(17)19)6-10-24(23)11-7-20(27)28-24;1-10-8-11-4-2-3-5-14(11)20(10)19-16(21)12-6-7-13(17)15(9-12)24(18,22)23/h12,17-19,21H,4-11,13H2,1-3H3;2-7,9-10H,8H2,1H3,(H,19,21)(H2,18,22,23)/t17-,18-,19+,21+,22-,23-,24+;/m0./s1. The van der Waals surface area contributed by atoms with Crippen LogP contribution in [0.3, 0.4) is 0 Å². The van der Waals surface area contributed by atoms with Crippen LogP contribution in [0.1, 0.15) is 101 Å². The summed E-state index contributed by atoms with van der Waals surface area (Å²) < 4.78 is 29.1. The fourth-order valence-corrected chi connectivity index (χ4v) is 13.2. The molecule has 1 spiro atoms. The number of rotatable bonds is 4. The average molecular weight is 782 g/mol. The highest BCUT2D eigenvalue weighted by Crippen LogP contribution is 2.70. The molecule has 0 radical (unpaired) electrons. The van der Waals surface area contributed by atoms with Crippen molar-refractivity contribution in [2.45, 2.75) is 114 Å². The molecule has 1 saturated heterocycles. The number of esters is 1. The smallest absolute Gasteiger partial charge is 0.306 e. The number of sulfonamides is 1. The number of fused-ring (bicyclic) bond motifs is 7. The van der Waals surface area contributed by atoms with Crippen molar-refractivity contribution in [2.24, 2.45) is 33.7 Å². The lowest BCUT2D eigenvalue weighted by Gasteiger charge is -2.61. The predicted molar refractivity (Wildman–Crippen MR) is 205 cm³/mol. The molecule has 1 amide bonds. The summed E-state index contributed by atoms with van der Waals surface area (Å²) in [6.45, 7) is 8.41. The van der Waals surface area contributed by atoms with Crippen LogP contribution in [0.25, 0.3) is 0 Å². The molecule has 53 heavy (non-hydrogen) atoms. The number of nitrogens with two attached hydrogens (primary N) is 1. The van der Waals surface area contributed by atoms with E-state index in [1.807, 2.05) is 37.3 Å². The molecule has 4 aliphatic carbocycles. The van der Waals surface area contributed by atoms with Gasteiger partial charge in [-0.2, -0.15) is 0 Å². The van der Waals surface area contributed by atoms with Crippen LogP contribution in [-0.2, 0) is 35.6 Å². The van der Waals surface area contributed by atoms with E-state index in [1.54, 1.807) is 11.9 Å². The van der Waals surface area contributed by atoms with Crippen molar-refractivity contribution >= 4 is 61.8 Å². The van der Waals surface area contributed by atoms with Crippen LogP contribution in [0.2, 0.25) is 5.02 Å². The molecular formula is C40H48ClN3O7S2. The number of para-hydroxylation sites is 1. The Balaban J connectivity index is 0.000000168. The third-order valence-electron chi connectivity index (χ3n) is 13.5. The SMILES string of the molecule is CC(=O)S[C@@H]1CC2=CC(=O)CC[C@]2(C)[C@H]2CC[C@@]3(C)[C@@H](CC[C@@]34CCC(=O)O4)[C@H]12.CC1Cc2ccccc2N1NC(=O)c1ccc(Cl)c(S(N)(=O)=O)c1. The lowest BCUT2D eigenvalue weighted by molar-refractivity contribution is -0.167. The molecular weight excluding hydrogens is 734 g/mol. The van der Waals surface area contributed by atoms with Crippen molar-refractivity contribution in [3.8, 4) is 0 Å². The molecule has 0 bridgehead atoms. The molecule has 13 heteroatoms. The number of thioether (sulfide) groups is 1. The summed E-state index contributed by atoms with van der Waals surface area (Å²) in [7, 11) is -4.00. The van der Waals surface area contributed by atoms with Gasteiger partial charge in [-0.05, 0) is 117 Å². The number of nitrogens with zero attached hydrogens (tertiary/aromatic N) is 1. The predicted octanol–water partition coefficient (Wildman–Crippen LogP) is 6.94. The second-order valence-electron chi connectivity index (χ2n) is 16.3. The molecule has 3 saturated carbocycles. The van der Waals surface area contributed by atoms with Crippen LogP contribution in [0.5, 0.6) is 0 Å². The van der Waals surface area contributed by atoms with E-state index in [4.69, 9.17) is 21.5 Å². The first-order chi connectivity index (χ1) is 25.0. The number of ketones is 1. The summed E-state index contributed by atoms with van der Waals surface area (Å²) in [5.74, 6) is 1.24. The van der Waals surface area contributed by atoms with E-state index in [-0.39, 0.29) is 60.1 Å². The Kier molecular flexibility index (Phi) is 9.94. The molecule has 4 fully saturated rings. The first-order valence-electron chi connectivity index (χ1n) is 18.6. The summed E-state index contributed by atoms with van der Waals surface area (Å²) in [5.41, 5.74) is 6.15. The average Bonchev–Trinajstić information content (AvgIpc) is 3.73. The minimum atomic E-state index is -4.00. The number of anilines is 1. The third kappa shape index (κ3) is 6.65. The Morgan fingerprint density at radius 2 is 1.74 bits per heavy atom. The van der Waals surface area contributed by atoms with E-state index in [2.05, 4.69) is 19.3 Å². The van der Waals surface area contributed by atoms with Crippen molar-refractivity contribution in [3.05, 3.63) is 70.3 Å². The van der Waals surface area contributed by atoms with Gasteiger partial charge in [-0.25, -0.2) is 13.6 Å². The number of amides is 1. The molecule has 2 heterocycles. The van der Waals surface area contributed by atoms with Gasteiger partial charge >= 0.3 is 5.97 Å². The lowest BCUT2D eigenvalue weighted by atomic mass is 9.46. The minimum absolute atomic E-state index is 0.0119. The van der Waals surface area contributed by atoms with Gasteiger partial charge < -0.3 is 4.74 Å². The van der Waals surface area contributed by atoms with Gasteiger partial charge in [-0.3, -0.25) is 29.6 Å². The van der Waals surface area contributed by atoms with Gasteiger partial charge in [0.05, 0.1) is 16.8 Å². The normalized spacial score (nSPS) is 34.2. The number of allylic oxidation sites excluding steroid dienone is 1. The number of hydrazine groups is 1. The number of primary sulfonamides is 1. The highest BCUT2D eigenvalue weighted by Gasteiger charge is 2.68. The number of hydrogen-bond donors (Lipinski definition) is 2. The van der Waals surface area contributed by atoms with Gasteiger partial charge in [0.1, 0.15) is 10.5 Å². The van der Waals surface area contributed by atoms with Gasteiger partial charge in [0, 0.05) is 36.0 Å². The number of benzene rings is 2. The Labute approximate surface area is 321 Å². The van der Waals surface area contributed by atoms with Gasteiger partial charge in [-0.15, -0.1) is 0 Å². The second kappa shape index (κ2) is 13.8. The molecule has 284 valence electrons. The summed E-state index contributed by atoms with van der Waals surface area (Å²) in [5, 5.41) is 7.29. The summed E-state index contributed by atoms with van der Waals surface area (Å²) in [6.07, 6.45) is 10.8. The van der Waals surface area contributed by atoms with E-state index in [0.29, 0.717) is 30.6 Å². The first kappa shape index (κ1) is 38.1. The first-order valence-corrected chi connectivity index (χ1v) is 21.4. The van der Waals surface area contributed by atoms with Crippen LogP contribution in [0.4, 0.5) is 5.69 Å². The van der Waals surface area contributed by atoms with Crippen molar-refractivity contribution < 1.29 is 32.3 Å². The number of halogens is 1. The molecule has 2 aromatic carbocycles. The van der Waals surface area contributed by atoms with Crippen LogP contribution in [0.15, 0.2) is 59.0 Å². The van der Waals surface area contributed by atoms with Crippen LogP contribution >= 0.6 is 23.4 Å². The van der Waals surface area contributed by atoms with Gasteiger partial charge in [0.15, 0.2) is 10.9 Å². The third-order valence-corrected chi connectivity index (χ3v) is 16.0. The summed E-state index contributed by atoms with van der Waals surface area (Å²) in [6, 6.07) is 11.9. The lowest BCUT2D eigenvalue weighted by Crippen LogP contribution is -2.57. The number of hydrogen-bond acceptors (Lipinski definition) is 9. The van der Waals surface area contributed by atoms with Gasteiger partial charge in [-0.1, -0.05) is 61.0 Å². The topological polar surface area (TPSA) is 153 Å². The number of carbonyl (C=O) groups excluding carboxylic acids is 4. The fraction of sp³-hybridized carbons (Fsp3) is 0.550. The molecule has 8 rings (SSSR count). The maximum Gasteiger partial charge on any atom is 0.306 e. The number of carbonyl (C=O) groups is 4. The van der Waals surface area contributed by atoms with E-state index in [0.717, 1.165) is 62.6 Å². The maximum atomic E-state index is 12.5. The Morgan fingerprint density at radius 1 is 1.00 bits per heavy atom. The van der Waals surface area contributed by atoms with E-state index < -0.39 is 15.9 Å². The van der Waals surface area contributed by atoms with Crippen molar-refractivity contribution in [1.29, 1.82) is 0 Å². The zero-order chi connectivity index (χ0) is 38.1. The molecule has 8 atom stereocenters. The Morgan fingerprint density at radius 3 is 2.43 bits per heavy atom. The van der Waals surface area contributed by atoms with Crippen molar-refractivity contribution in [1.82, 2.24) is 5.43 Å². The van der Waals surface area contributed by atoms with Gasteiger partial charge in [0.25, 0.3) is 5.91 Å². The highest BCUT2D eigenvalue weighted by atomic mass is 35.5. The maximum absolute atomic E-state index is 12.5. The van der Waals surface area contributed by atoms with E-state index in [1.165, 1.54) is 35.5 Å². The van der Waals surface area contributed by atoms with Crippen LogP contribution in [0, 0.1) is 28.6 Å². The van der Waals surface area contributed by atoms with Crippen LogP contribution in [-0.4, -0.2) is 48.1 Å². The fourth-order valence-electron chi connectivity index (χ4n) is 10.9. The molecule has 3 N–H and O–H groups in total. The molecule has 6 aliphatic rings. The molecule has 2 aliphatic heterocycles. The molecule has 10 nitrogen and oxygen atoms in total. The summed E-state index contributed by atoms with van der Waals surface area (Å²) in [4.78, 5) is 48.7. The minimum Gasteiger partial charge on any atom is -0.458 e. The molecule has 0 aromatic heterocycles. The quantitative estimate of drug-likeness (QED) is 0.315. The van der Waals surface area contributed by atoms with Crippen LogP contribution < -0.4 is 15.6 Å². The molecule has 1 unspecified atom stereocenters. The Hall–Kier alpha value is -3.19. The summed E-state index contributed by atoms with van der Waals surface area (Å²) >= 11 is 7.34. The van der Waals surface area contributed by atoms with Crippen molar-refractivity contribution in [3.63, 3.8) is 0 Å². The van der Waals surface area contributed by atoms with E-state index in [9.17, 15) is 27.6 Å². The number of nitrogens with one attached hydrogen (secondary N) is 1. The van der Waals surface area contributed by atoms with Gasteiger partial charge in [0.2, 0.25) is 10.0 Å². The second-order valence-corrected chi connectivity index (χ2v) is 19.7. The zero-order valence-corrected chi connectivity index (χ0v) is 33.0. The number of ether oxygens (including phenoxy) is 1. The van der Waals surface area contributed by atoms with Crippen molar-refractivity contribution in [2.75, 3.05) is 5.01 Å². The molecule has 2 aromatic rings.